The maximum Gasteiger partial charge on any atom is 0.195 e. The summed E-state index contributed by atoms with van der Waals surface area (Å²) in [7, 11) is 0. The van der Waals surface area contributed by atoms with E-state index in [0.717, 1.165) is 15.4 Å². The van der Waals surface area contributed by atoms with Gasteiger partial charge in [0.1, 0.15) is 0 Å². The van der Waals surface area contributed by atoms with Crippen molar-refractivity contribution in [1.29, 1.82) is 0 Å². The molecule has 2 aromatic carbocycles. The van der Waals surface area contributed by atoms with E-state index in [2.05, 4.69) is 20.9 Å². The molecule has 0 spiro atoms. The van der Waals surface area contributed by atoms with E-state index in [1.807, 2.05) is 54.7 Å². The Morgan fingerprint density at radius 2 is 1.78 bits per heavy atom. The fourth-order valence-corrected chi connectivity index (χ4v) is 2.30. The molecule has 1 aromatic heterocycles. The maximum atomic E-state index is 12.4. The number of hydrogen-bond donors (Lipinski definition) is 1. The molecule has 0 radical (unpaired) electrons. The average molecular weight is 300 g/mol. The number of carbonyl (C=O) groups is 1. The van der Waals surface area contributed by atoms with Gasteiger partial charge in [0.05, 0.1) is 5.52 Å². The summed E-state index contributed by atoms with van der Waals surface area (Å²) in [6.07, 6.45) is 1.85. The van der Waals surface area contributed by atoms with Gasteiger partial charge < -0.3 is 4.98 Å². The zero-order valence-corrected chi connectivity index (χ0v) is 11.1. The third kappa shape index (κ3) is 1.87. The molecule has 0 saturated carbocycles. The highest BCUT2D eigenvalue weighted by Crippen LogP contribution is 2.21. The lowest BCUT2D eigenvalue weighted by Crippen LogP contribution is -2.01. The maximum absolute atomic E-state index is 12.4. The molecule has 3 rings (SSSR count). The molecule has 0 amide bonds. The molecule has 88 valence electrons. The van der Waals surface area contributed by atoms with Gasteiger partial charge in [0.15, 0.2) is 5.78 Å². The van der Waals surface area contributed by atoms with Crippen LogP contribution in [-0.2, 0) is 0 Å². The third-order valence-corrected chi connectivity index (χ3v) is 3.47. The Labute approximate surface area is 113 Å². The summed E-state index contributed by atoms with van der Waals surface area (Å²) in [5.41, 5.74) is 2.30. The SMILES string of the molecule is O=C(c1ccc(Br)cc1)c1cccc2cc[nH]c12. The van der Waals surface area contributed by atoms with Gasteiger partial charge in [0.25, 0.3) is 0 Å². The lowest BCUT2D eigenvalue weighted by molar-refractivity contribution is 0.104. The minimum Gasteiger partial charge on any atom is -0.361 e. The molecule has 0 aliphatic heterocycles. The van der Waals surface area contributed by atoms with Crippen molar-refractivity contribution in [1.82, 2.24) is 4.98 Å². The molecule has 18 heavy (non-hydrogen) atoms. The smallest absolute Gasteiger partial charge is 0.195 e. The number of ketones is 1. The van der Waals surface area contributed by atoms with Crippen molar-refractivity contribution in [3.05, 3.63) is 70.3 Å². The number of rotatable bonds is 2. The molecule has 3 aromatic rings. The monoisotopic (exact) mass is 299 g/mol. The predicted molar refractivity (Wildman–Crippen MR) is 75.9 cm³/mol. The molecular weight excluding hydrogens is 290 g/mol. The zero-order valence-electron chi connectivity index (χ0n) is 9.48. The number of hydrogen-bond acceptors (Lipinski definition) is 1. The van der Waals surface area contributed by atoms with Crippen molar-refractivity contribution in [3.8, 4) is 0 Å². The molecule has 2 nitrogen and oxygen atoms in total. The fraction of sp³-hybridized carbons (Fsp3) is 0. The summed E-state index contributed by atoms with van der Waals surface area (Å²) in [4.78, 5) is 15.6. The Bertz CT molecular complexity index is 713. The Balaban J connectivity index is 2.12. The van der Waals surface area contributed by atoms with Gasteiger partial charge in [-0.25, -0.2) is 0 Å². The molecule has 1 heterocycles. The zero-order chi connectivity index (χ0) is 12.5. The number of H-pyrrole nitrogens is 1. The summed E-state index contributed by atoms with van der Waals surface area (Å²) < 4.78 is 0.970. The molecule has 1 N–H and O–H groups in total. The summed E-state index contributed by atoms with van der Waals surface area (Å²) in [6, 6.07) is 15.1. The molecule has 0 atom stereocenters. The first-order valence-corrected chi connectivity index (χ1v) is 6.41. The minimum absolute atomic E-state index is 0.0375. The van der Waals surface area contributed by atoms with Crippen LogP contribution in [0, 0.1) is 0 Å². The molecule has 0 bridgehead atoms. The van der Waals surface area contributed by atoms with Gasteiger partial charge in [0, 0.05) is 27.2 Å². The second kappa shape index (κ2) is 4.42. The van der Waals surface area contributed by atoms with Crippen molar-refractivity contribution in [2.24, 2.45) is 0 Å². The van der Waals surface area contributed by atoms with Crippen LogP contribution < -0.4 is 0 Å². The normalized spacial score (nSPS) is 10.7. The Morgan fingerprint density at radius 1 is 1.00 bits per heavy atom. The molecule has 3 heteroatoms. The Kier molecular flexibility index (Phi) is 2.76. The van der Waals surface area contributed by atoms with Crippen LogP contribution in [0.3, 0.4) is 0 Å². The van der Waals surface area contributed by atoms with Crippen molar-refractivity contribution >= 4 is 32.6 Å². The van der Waals surface area contributed by atoms with Crippen LogP contribution in [0.15, 0.2) is 59.2 Å². The number of para-hydroxylation sites is 1. The number of nitrogens with one attached hydrogen (secondary N) is 1. The van der Waals surface area contributed by atoms with E-state index in [0.29, 0.717) is 11.1 Å². The van der Waals surface area contributed by atoms with Crippen molar-refractivity contribution in [3.63, 3.8) is 0 Å². The summed E-state index contributed by atoms with van der Waals surface area (Å²) in [5, 5.41) is 1.05. The average Bonchev–Trinajstić information content (AvgIpc) is 2.87. The van der Waals surface area contributed by atoms with Crippen LogP contribution in [0.1, 0.15) is 15.9 Å². The molecule has 0 saturated heterocycles. The minimum atomic E-state index is 0.0375. The highest BCUT2D eigenvalue weighted by atomic mass is 79.9. The highest BCUT2D eigenvalue weighted by molar-refractivity contribution is 9.10. The van der Waals surface area contributed by atoms with E-state index in [-0.39, 0.29) is 5.78 Å². The van der Waals surface area contributed by atoms with Gasteiger partial charge in [-0.2, -0.15) is 0 Å². The largest absolute Gasteiger partial charge is 0.361 e. The standard InChI is InChI=1S/C15H10BrNO/c16-12-6-4-11(5-7-12)15(18)13-3-1-2-10-8-9-17-14(10)13/h1-9,17H. The number of aromatic amines is 1. The van der Waals surface area contributed by atoms with Crippen LogP contribution in [0.5, 0.6) is 0 Å². The van der Waals surface area contributed by atoms with Crippen LogP contribution in [0.2, 0.25) is 0 Å². The summed E-state index contributed by atoms with van der Waals surface area (Å²) >= 11 is 3.37. The third-order valence-electron chi connectivity index (χ3n) is 2.94. The van der Waals surface area contributed by atoms with Gasteiger partial charge in [-0.1, -0.05) is 28.1 Å². The highest BCUT2D eigenvalue weighted by Gasteiger charge is 2.12. The van der Waals surface area contributed by atoms with E-state index in [1.165, 1.54) is 0 Å². The lowest BCUT2D eigenvalue weighted by Gasteiger charge is -2.03. The van der Waals surface area contributed by atoms with E-state index in [4.69, 9.17) is 0 Å². The van der Waals surface area contributed by atoms with E-state index >= 15 is 0 Å². The van der Waals surface area contributed by atoms with Gasteiger partial charge in [0.2, 0.25) is 0 Å². The van der Waals surface area contributed by atoms with Gasteiger partial charge in [-0.3, -0.25) is 4.79 Å². The van der Waals surface area contributed by atoms with Crippen molar-refractivity contribution < 1.29 is 4.79 Å². The van der Waals surface area contributed by atoms with Crippen LogP contribution in [0.25, 0.3) is 10.9 Å². The molecule has 0 unspecified atom stereocenters. The van der Waals surface area contributed by atoms with E-state index in [1.54, 1.807) is 0 Å². The molecule has 0 aliphatic carbocycles. The van der Waals surface area contributed by atoms with Crippen molar-refractivity contribution in [2.45, 2.75) is 0 Å². The van der Waals surface area contributed by atoms with Gasteiger partial charge >= 0.3 is 0 Å². The first-order chi connectivity index (χ1) is 8.75. The second-order valence-electron chi connectivity index (χ2n) is 4.08. The number of aromatic nitrogens is 1. The number of fused-ring (bicyclic) bond motifs is 1. The molecular formula is C15H10BrNO. The predicted octanol–water partition coefficient (Wildman–Crippen LogP) is 4.16. The van der Waals surface area contributed by atoms with Crippen LogP contribution in [-0.4, -0.2) is 10.8 Å². The van der Waals surface area contributed by atoms with E-state index < -0.39 is 0 Å². The van der Waals surface area contributed by atoms with Crippen molar-refractivity contribution in [2.75, 3.05) is 0 Å². The van der Waals surface area contributed by atoms with Crippen LogP contribution in [0.4, 0.5) is 0 Å². The number of carbonyl (C=O) groups excluding carboxylic acids is 1. The number of benzene rings is 2. The topological polar surface area (TPSA) is 32.9 Å². The Hall–Kier alpha value is -1.87. The van der Waals surface area contributed by atoms with Gasteiger partial charge in [-0.05, 0) is 36.4 Å². The quantitative estimate of drug-likeness (QED) is 0.708. The lowest BCUT2D eigenvalue weighted by atomic mass is 10.0. The summed E-state index contributed by atoms with van der Waals surface area (Å²) in [5.74, 6) is 0.0375. The fourth-order valence-electron chi connectivity index (χ4n) is 2.03. The van der Waals surface area contributed by atoms with Gasteiger partial charge in [-0.15, -0.1) is 0 Å². The summed E-state index contributed by atoms with van der Waals surface area (Å²) in [6.45, 7) is 0. The van der Waals surface area contributed by atoms with E-state index in [9.17, 15) is 4.79 Å². The molecule has 0 fully saturated rings. The first-order valence-electron chi connectivity index (χ1n) is 5.62. The Morgan fingerprint density at radius 3 is 2.56 bits per heavy atom. The second-order valence-corrected chi connectivity index (χ2v) is 5.00. The number of halogens is 1. The van der Waals surface area contributed by atoms with Crippen LogP contribution >= 0.6 is 15.9 Å². The molecule has 0 aliphatic rings. The first kappa shape index (κ1) is 11.2.